The summed E-state index contributed by atoms with van der Waals surface area (Å²) in [5, 5.41) is 13.6. The number of carbonyl (C=O) groups excluding carboxylic acids is 2. The van der Waals surface area contributed by atoms with Gasteiger partial charge in [0.25, 0.3) is 17.5 Å². The highest BCUT2D eigenvalue weighted by atomic mass is 35.5. The lowest BCUT2D eigenvalue weighted by Crippen LogP contribution is -2.35. The number of nitro benzene ring substituents is 1. The molecule has 156 valence electrons. The first-order valence-electron chi connectivity index (χ1n) is 9.69. The van der Waals surface area contributed by atoms with Crippen LogP contribution in [-0.4, -0.2) is 23.3 Å². The van der Waals surface area contributed by atoms with Crippen molar-refractivity contribution in [1.29, 1.82) is 0 Å². The van der Waals surface area contributed by atoms with Gasteiger partial charge in [-0.2, -0.15) is 0 Å². The monoisotopic (exact) mass is 435 g/mol. The van der Waals surface area contributed by atoms with Gasteiger partial charge in [0.05, 0.1) is 15.5 Å². The molecule has 2 amide bonds. The van der Waals surface area contributed by atoms with Crippen LogP contribution >= 0.6 is 11.6 Å². The number of aryl methyl sites for hydroxylation is 1. The molecule has 0 aliphatic carbocycles. The number of hydrogen-bond donors (Lipinski definition) is 1. The molecule has 3 aromatic rings. The van der Waals surface area contributed by atoms with E-state index in [1.54, 1.807) is 29.2 Å². The van der Waals surface area contributed by atoms with E-state index in [1.165, 1.54) is 12.1 Å². The number of halogens is 1. The fourth-order valence-electron chi connectivity index (χ4n) is 3.60. The minimum atomic E-state index is -0.574. The van der Waals surface area contributed by atoms with Gasteiger partial charge in [0.15, 0.2) is 0 Å². The van der Waals surface area contributed by atoms with Crippen LogP contribution < -0.4 is 10.2 Å². The van der Waals surface area contributed by atoms with Crippen molar-refractivity contribution in [1.82, 2.24) is 0 Å². The van der Waals surface area contributed by atoms with E-state index in [-0.39, 0.29) is 22.2 Å². The molecule has 4 rings (SSSR count). The van der Waals surface area contributed by atoms with Crippen LogP contribution in [0, 0.1) is 10.1 Å². The maximum Gasteiger partial charge on any atom is 0.270 e. The van der Waals surface area contributed by atoms with E-state index in [9.17, 15) is 19.7 Å². The van der Waals surface area contributed by atoms with Gasteiger partial charge in [-0.25, -0.2) is 0 Å². The lowest BCUT2D eigenvalue weighted by molar-refractivity contribution is -0.384. The molecule has 0 atom stereocenters. The zero-order valence-electron chi connectivity index (χ0n) is 16.4. The van der Waals surface area contributed by atoms with Crippen LogP contribution in [0.15, 0.2) is 66.7 Å². The van der Waals surface area contributed by atoms with Crippen LogP contribution in [0.1, 0.15) is 32.7 Å². The molecular formula is C23H18ClN3O4. The van der Waals surface area contributed by atoms with Crippen molar-refractivity contribution in [3.8, 4) is 0 Å². The second-order valence-corrected chi connectivity index (χ2v) is 7.55. The second-order valence-electron chi connectivity index (χ2n) is 7.15. The number of fused-ring (bicyclic) bond motifs is 1. The van der Waals surface area contributed by atoms with Gasteiger partial charge in [0, 0.05) is 35.6 Å². The van der Waals surface area contributed by atoms with Crippen molar-refractivity contribution >= 4 is 40.5 Å². The summed E-state index contributed by atoms with van der Waals surface area (Å²) >= 11 is 6.06. The average molecular weight is 436 g/mol. The van der Waals surface area contributed by atoms with E-state index in [0.29, 0.717) is 17.8 Å². The first-order chi connectivity index (χ1) is 14.9. The predicted molar refractivity (Wildman–Crippen MR) is 119 cm³/mol. The first kappa shape index (κ1) is 20.6. The SMILES string of the molecule is O=C(Nc1ccc2c(c1)N(C(=O)c1ccccc1)CCC2)c1ccc([N+](=O)[O-])cc1Cl. The average Bonchev–Trinajstić information content (AvgIpc) is 2.78. The van der Waals surface area contributed by atoms with Gasteiger partial charge in [-0.1, -0.05) is 35.9 Å². The Morgan fingerprint density at radius 1 is 1.03 bits per heavy atom. The standard InChI is InChI=1S/C23H18ClN3O4/c24-20-14-18(27(30)31)10-11-19(20)22(28)25-17-9-8-15-7-4-12-26(21(15)13-17)23(29)16-5-2-1-3-6-16/h1-3,5-6,8-11,13-14H,4,7,12H2,(H,25,28). The van der Waals surface area contributed by atoms with Gasteiger partial charge in [-0.3, -0.25) is 19.7 Å². The van der Waals surface area contributed by atoms with Gasteiger partial charge < -0.3 is 10.2 Å². The third kappa shape index (κ3) is 4.27. The molecule has 1 heterocycles. The Kier molecular flexibility index (Phi) is 5.68. The number of nitrogens with one attached hydrogen (secondary N) is 1. The number of nitro groups is 1. The molecule has 1 N–H and O–H groups in total. The minimum absolute atomic E-state index is 0.00876. The summed E-state index contributed by atoms with van der Waals surface area (Å²) < 4.78 is 0. The Morgan fingerprint density at radius 2 is 1.81 bits per heavy atom. The maximum absolute atomic E-state index is 13.0. The number of hydrogen-bond acceptors (Lipinski definition) is 4. The maximum atomic E-state index is 13.0. The summed E-state index contributed by atoms with van der Waals surface area (Å²) in [5.74, 6) is -0.583. The smallest absolute Gasteiger partial charge is 0.270 e. The molecule has 0 spiro atoms. The first-order valence-corrected chi connectivity index (χ1v) is 10.1. The molecule has 3 aromatic carbocycles. The molecule has 1 aliphatic rings. The number of non-ortho nitro benzene ring substituents is 1. The summed E-state index contributed by atoms with van der Waals surface area (Å²) in [6, 6.07) is 18.2. The molecule has 1 aliphatic heterocycles. The van der Waals surface area contributed by atoms with E-state index in [4.69, 9.17) is 11.6 Å². The predicted octanol–water partition coefficient (Wildman–Crippen LogP) is 5.09. The molecule has 31 heavy (non-hydrogen) atoms. The molecule has 0 fully saturated rings. The molecule has 7 nitrogen and oxygen atoms in total. The quantitative estimate of drug-likeness (QED) is 0.456. The molecular weight excluding hydrogens is 418 g/mol. The largest absolute Gasteiger partial charge is 0.322 e. The van der Waals surface area contributed by atoms with Crippen molar-refractivity contribution in [2.24, 2.45) is 0 Å². The van der Waals surface area contributed by atoms with Crippen molar-refractivity contribution in [2.75, 3.05) is 16.8 Å². The number of amides is 2. The van der Waals surface area contributed by atoms with Gasteiger partial charge in [-0.05, 0) is 48.7 Å². The molecule has 8 heteroatoms. The molecule has 0 bridgehead atoms. The molecule has 0 aromatic heterocycles. The van der Waals surface area contributed by atoms with Gasteiger partial charge in [0.1, 0.15) is 0 Å². The highest BCUT2D eigenvalue weighted by Crippen LogP contribution is 2.32. The normalized spacial score (nSPS) is 12.7. The summed E-state index contributed by atoms with van der Waals surface area (Å²) in [4.78, 5) is 37.7. The van der Waals surface area contributed by atoms with Gasteiger partial charge >= 0.3 is 0 Å². The van der Waals surface area contributed by atoms with Crippen molar-refractivity contribution < 1.29 is 14.5 Å². The Bertz CT molecular complexity index is 1180. The Balaban J connectivity index is 1.60. The summed E-state index contributed by atoms with van der Waals surface area (Å²) in [6.07, 6.45) is 1.70. The van der Waals surface area contributed by atoms with E-state index in [1.807, 2.05) is 24.3 Å². The highest BCUT2D eigenvalue weighted by Gasteiger charge is 2.24. The number of nitrogens with zero attached hydrogens (tertiary/aromatic N) is 2. The number of rotatable bonds is 4. The van der Waals surface area contributed by atoms with E-state index < -0.39 is 10.8 Å². The Morgan fingerprint density at radius 3 is 2.52 bits per heavy atom. The lowest BCUT2D eigenvalue weighted by atomic mass is 10.00. The fraction of sp³-hybridized carbons (Fsp3) is 0.130. The topological polar surface area (TPSA) is 92.6 Å². The van der Waals surface area contributed by atoms with E-state index in [0.717, 1.165) is 30.2 Å². The Labute approximate surface area is 183 Å². The van der Waals surface area contributed by atoms with Crippen LogP contribution in [-0.2, 0) is 6.42 Å². The van der Waals surface area contributed by atoms with Crippen molar-refractivity contribution in [3.05, 3.63) is 98.6 Å². The van der Waals surface area contributed by atoms with Crippen molar-refractivity contribution in [3.63, 3.8) is 0 Å². The van der Waals surface area contributed by atoms with Crippen LogP contribution in [0.4, 0.5) is 17.1 Å². The fourth-order valence-corrected chi connectivity index (χ4v) is 3.86. The number of carbonyl (C=O) groups is 2. The molecule has 0 saturated carbocycles. The van der Waals surface area contributed by atoms with Crippen molar-refractivity contribution in [2.45, 2.75) is 12.8 Å². The van der Waals surface area contributed by atoms with E-state index >= 15 is 0 Å². The highest BCUT2D eigenvalue weighted by molar-refractivity contribution is 6.34. The van der Waals surface area contributed by atoms with Crippen LogP contribution in [0.5, 0.6) is 0 Å². The van der Waals surface area contributed by atoms with Crippen LogP contribution in [0.3, 0.4) is 0 Å². The summed E-state index contributed by atoms with van der Waals surface area (Å²) in [6.45, 7) is 0.590. The van der Waals surface area contributed by atoms with Gasteiger partial charge in [0.2, 0.25) is 0 Å². The van der Waals surface area contributed by atoms with Gasteiger partial charge in [-0.15, -0.1) is 0 Å². The molecule has 0 radical (unpaired) electrons. The third-order valence-electron chi connectivity index (χ3n) is 5.14. The third-order valence-corrected chi connectivity index (χ3v) is 5.45. The second kappa shape index (κ2) is 8.57. The molecule has 0 saturated heterocycles. The zero-order valence-corrected chi connectivity index (χ0v) is 17.1. The zero-order chi connectivity index (χ0) is 22.0. The number of benzene rings is 3. The van der Waals surface area contributed by atoms with Crippen LogP contribution in [0.2, 0.25) is 5.02 Å². The molecule has 0 unspecified atom stereocenters. The Hall–Kier alpha value is -3.71. The summed E-state index contributed by atoms with van der Waals surface area (Å²) in [7, 11) is 0. The van der Waals surface area contributed by atoms with Crippen LogP contribution in [0.25, 0.3) is 0 Å². The summed E-state index contributed by atoms with van der Waals surface area (Å²) in [5.41, 5.74) is 2.83. The number of anilines is 2. The minimum Gasteiger partial charge on any atom is -0.322 e. The lowest BCUT2D eigenvalue weighted by Gasteiger charge is -2.30. The van der Waals surface area contributed by atoms with E-state index in [2.05, 4.69) is 5.32 Å².